The van der Waals surface area contributed by atoms with Gasteiger partial charge >= 0.3 is 6.09 Å². The fourth-order valence-corrected chi connectivity index (χ4v) is 6.19. The van der Waals surface area contributed by atoms with Crippen LogP contribution in [0.3, 0.4) is 0 Å². The zero-order valence-corrected chi connectivity index (χ0v) is 26.3. The number of hydrogen-bond donors (Lipinski definition) is 1. The van der Waals surface area contributed by atoms with E-state index in [1.165, 1.54) is 0 Å². The SMILES string of the molecule is CCCN(C)CC1CC(O)(C(c2ccc(Cl)cc2)c2cc3cc(Cl)ccc3nc2OC)CCN1C(=O)OC(C)(C)C. The van der Waals surface area contributed by atoms with Crippen molar-refractivity contribution in [2.45, 2.75) is 70.1 Å². The molecule has 1 fully saturated rings. The molecule has 3 aromatic rings. The van der Waals surface area contributed by atoms with Gasteiger partial charge in [-0.2, -0.15) is 0 Å². The van der Waals surface area contributed by atoms with Crippen LogP contribution in [0.4, 0.5) is 4.79 Å². The second kappa shape index (κ2) is 12.7. The highest BCUT2D eigenvalue weighted by molar-refractivity contribution is 6.31. The van der Waals surface area contributed by atoms with Gasteiger partial charge in [-0.1, -0.05) is 42.3 Å². The van der Waals surface area contributed by atoms with Gasteiger partial charge < -0.3 is 24.4 Å². The van der Waals surface area contributed by atoms with Crippen molar-refractivity contribution < 1.29 is 19.4 Å². The number of pyridine rings is 1. The minimum absolute atomic E-state index is 0.274. The van der Waals surface area contributed by atoms with Gasteiger partial charge in [0.15, 0.2) is 0 Å². The number of carbonyl (C=O) groups excluding carboxylic acids is 1. The van der Waals surface area contributed by atoms with E-state index in [0.29, 0.717) is 41.9 Å². The molecule has 0 saturated carbocycles. The number of benzene rings is 2. The summed E-state index contributed by atoms with van der Waals surface area (Å²) in [7, 11) is 3.63. The standard InChI is InChI=1S/C32H41Cl2N3O4/c1-7-15-36(5)20-25-19-32(39,14-16-37(25)30(38)41-31(2,3)4)28(21-8-10-23(33)11-9-21)26-18-22-17-24(34)12-13-27(22)35-29(26)40-6/h8-13,17-18,25,28,39H,7,14-16,19-20H2,1-6H3. The molecule has 222 valence electrons. The van der Waals surface area contributed by atoms with Crippen molar-refractivity contribution in [1.82, 2.24) is 14.8 Å². The normalized spacial score (nSPS) is 20.3. The lowest BCUT2D eigenvalue weighted by Gasteiger charge is -2.48. The van der Waals surface area contributed by atoms with Crippen LogP contribution < -0.4 is 4.74 Å². The molecular formula is C32H41Cl2N3O4. The topological polar surface area (TPSA) is 75.1 Å². The molecule has 0 spiro atoms. The molecule has 0 radical (unpaired) electrons. The second-order valence-electron chi connectivity index (χ2n) is 12.1. The minimum Gasteiger partial charge on any atom is -0.481 e. The third-order valence-corrected chi connectivity index (χ3v) is 8.07. The van der Waals surface area contributed by atoms with E-state index in [1.54, 1.807) is 18.1 Å². The number of piperidine rings is 1. The number of rotatable bonds is 8. The molecule has 9 heteroatoms. The fourth-order valence-electron chi connectivity index (χ4n) is 5.89. The maximum atomic E-state index is 13.3. The number of carbonyl (C=O) groups is 1. The summed E-state index contributed by atoms with van der Waals surface area (Å²) in [5.74, 6) is -0.0761. The van der Waals surface area contributed by atoms with Crippen molar-refractivity contribution in [3.63, 3.8) is 0 Å². The van der Waals surface area contributed by atoms with Crippen molar-refractivity contribution in [3.05, 3.63) is 69.7 Å². The zero-order chi connectivity index (χ0) is 29.9. The van der Waals surface area contributed by atoms with E-state index in [4.69, 9.17) is 37.7 Å². The highest BCUT2D eigenvalue weighted by Gasteiger charge is 2.48. The molecule has 1 N–H and O–H groups in total. The summed E-state index contributed by atoms with van der Waals surface area (Å²) in [6.07, 6.45) is 1.29. The van der Waals surface area contributed by atoms with Crippen LogP contribution in [0.25, 0.3) is 10.9 Å². The summed E-state index contributed by atoms with van der Waals surface area (Å²) in [5.41, 5.74) is 0.520. The number of aromatic nitrogens is 1. The molecular weight excluding hydrogens is 561 g/mol. The number of amides is 1. The minimum atomic E-state index is -1.23. The molecule has 0 bridgehead atoms. The van der Waals surface area contributed by atoms with Gasteiger partial charge in [0.25, 0.3) is 0 Å². The van der Waals surface area contributed by atoms with Gasteiger partial charge in [-0.3, -0.25) is 0 Å². The van der Waals surface area contributed by atoms with Gasteiger partial charge in [-0.15, -0.1) is 0 Å². The molecule has 4 rings (SSSR count). The quantitative estimate of drug-likeness (QED) is 0.295. The largest absolute Gasteiger partial charge is 0.481 e. The molecule has 0 aliphatic carbocycles. The first-order valence-electron chi connectivity index (χ1n) is 14.1. The number of aliphatic hydroxyl groups is 1. The van der Waals surface area contributed by atoms with Crippen molar-refractivity contribution >= 4 is 40.2 Å². The van der Waals surface area contributed by atoms with Crippen molar-refractivity contribution in [2.75, 3.05) is 33.8 Å². The number of ether oxygens (including phenoxy) is 2. The van der Waals surface area contributed by atoms with E-state index < -0.39 is 17.1 Å². The van der Waals surface area contributed by atoms with Crippen LogP contribution in [0.15, 0.2) is 48.5 Å². The Bertz CT molecular complexity index is 1360. The number of methoxy groups -OCH3 is 1. The molecule has 1 aliphatic rings. The number of halogens is 2. The van der Waals surface area contributed by atoms with Gasteiger partial charge in [0, 0.05) is 40.0 Å². The number of likely N-dealkylation sites (N-methyl/N-ethyl adjacent to an activating group) is 1. The Balaban J connectivity index is 1.82. The van der Waals surface area contributed by atoms with Crippen molar-refractivity contribution in [2.24, 2.45) is 0 Å². The summed E-state index contributed by atoms with van der Waals surface area (Å²) in [5, 5.41) is 14.7. The first-order valence-corrected chi connectivity index (χ1v) is 14.9. The van der Waals surface area contributed by atoms with Crippen molar-refractivity contribution in [1.29, 1.82) is 0 Å². The summed E-state index contributed by atoms with van der Waals surface area (Å²) in [4.78, 5) is 22.1. The van der Waals surface area contributed by atoms with Crippen LogP contribution in [0.1, 0.15) is 64.0 Å². The highest BCUT2D eigenvalue weighted by atomic mass is 35.5. The number of likely N-dealkylation sites (tertiary alicyclic amines) is 1. The monoisotopic (exact) mass is 601 g/mol. The van der Waals surface area contributed by atoms with E-state index >= 15 is 0 Å². The molecule has 2 aromatic carbocycles. The van der Waals surface area contributed by atoms with Gasteiger partial charge in [-0.25, -0.2) is 9.78 Å². The Kier molecular flexibility index (Phi) is 9.74. The molecule has 7 nitrogen and oxygen atoms in total. The van der Waals surface area contributed by atoms with Crippen LogP contribution in [0, 0.1) is 0 Å². The van der Waals surface area contributed by atoms with Crippen LogP contribution >= 0.6 is 23.2 Å². The molecule has 1 aromatic heterocycles. The molecule has 1 aliphatic heterocycles. The maximum absolute atomic E-state index is 13.3. The van der Waals surface area contributed by atoms with Crippen LogP contribution in [-0.4, -0.2) is 77.0 Å². The summed E-state index contributed by atoms with van der Waals surface area (Å²) < 4.78 is 11.6. The summed E-state index contributed by atoms with van der Waals surface area (Å²) >= 11 is 12.6. The third-order valence-electron chi connectivity index (χ3n) is 7.59. The third kappa shape index (κ3) is 7.44. The smallest absolute Gasteiger partial charge is 0.410 e. The zero-order valence-electron chi connectivity index (χ0n) is 24.8. The first kappa shape index (κ1) is 31.4. The Labute approximate surface area is 253 Å². The van der Waals surface area contributed by atoms with Gasteiger partial charge in [0.1, 0.15) is 5.60 Å². The average Bonchev–Trinajstić information content (AvgIpc) is 2.88. The van der Waals surface area contributed by atoms with E-state index in [-0.39, 0.29) is 12.1 Å². The summed E-state index contributed by atoms with van der Waals surface area (Å²) in [6, 6.07) is 14.8. The van der Waals surface area contributed by atoms with E-state index in [1.807, 2.05) is 70.3 Å². The molecule has 3 atom stereocenters. The van der Waals surface area contributed by atoms with Gasteiger partial charge in [0.05, 0.1) is 24.3 Å². The predicted octanol–water partition coefficient (Wildman–Crippen LogP) is 7.15. The molecule has 1 saturated heterocycles. The lowest BCUT2D eigenvalue weighted by Crippen LogP contribution is -2.58. The lowest BCUT2D eigenvalue weighted by molar-refractivity contribution is -0.0673. The summed E-state index contributed by atoms with van der Waals surface area (Å²) in [6.45, 7) is 9.55. The van der Waals surface area contributed by atoms with Gasteiger partial charge in [0.2, 0.25) is 5.88 Å². The molecule has 3 unspecified atom stereocenters. The van der Waals surface area contributed by atoms with E-state index in [2.05, 4.69) is 11.8 Å². The fraction of sp³-hybridized carbons (Fsp3) is 0.500. The van der Waals surface area contributed by atoms with Crippen LogP contribution in [0.5, 0.6) is 5.88 Å². The van der Waals surface area contributed by atoms with E-state index in [9.17, 15) is 9.90 Å². The Morgan fingerprint density at radius 3 is 2.49 bits per heavy atom. The Morgan fingerprint density at radius 2 is 1.85 bits per heavy atom. The molecule has 2 heterocycles. The number of nitrogens with zero attached hydrogens (tertiary/aromatic N) is 3. The number of hydrogen-bond acceptors (Lipinski definition) is 6. The first-order chi connectivity index (χ1) is 19.3. The van der Waals surface area contributed by atoms with Crippen LogP contribution in [0.2, 0.25) is 10.0 Å². The predicted molar refractivity (Wildman–Crippen MR) is 165 cm³/mol. The van der Waals surface area contributed by atoms with Gasteiger partial charge in [-0.05, 0) is 95.6 Å². The molecule has 1 amide bonds. The highest BCUT2D eigenvalue weighted by Crippen LogP contribution is 2.46. The molecule has 41 heavy (non-hydrogen) atoms. The van der Waals surface area contributed by atoms with Crippen LogP contribution in [-0.2, 0) is 4.74 Å². The Hall–Kier alpha value is -2.58. The van der Waals surface area contributed by atoms with E-state index in [0.717, 1.165) is 35.0 Å². The second-order valence-corrected chi connectivity index (χ2v) is 12.9. The maximum Gasteiger partial charge on any atom is 0.410 e. The average molecular weight is 603 g/mol. The number of fused-ring (bicyclic) bond motifs is 1. The van der Waals surface area contributed by atoms with Crippen molar-refractivity contribution in [3.8, 4) is 5.88 Å². The Morgan fingerprint density at radius 1 is 1.17 bits per heavy atom. The lowest BCUT2D eigenvalue weighted by atomic mass is 9.70.